The van der Waals surface area contributed by atoms with E-state index in [4.69, 9.17) is 9.57 Å². The average Bonchev–Trinajstić information content (AvgIpc) is 3.44. The van der Waals surface area contributed by atoms with Gasteiger partial charge < -0.3 is 29.7 Å². The fourth-order valence-electron chi connectivity index (χ4n) is 3.93. The average molecular weight is 559 g/mol. The second-order valence-corrected chi connectivity index (χ2v) is 9.68. The van der Waals surface area contributed by atoms with Gasteiger partial charge in [0, 0.05) is 31.6 Å². The van der Waals surface area contributed by atoms with E-state index in [1.807, 2.05) is 19.0 Å². The number of carboxylic acid groups (broad SMARTS) is 1. The zero-order valence-electron chi connectivity index (χ0n) is 21.3. The van der Waals surface area contributed by atoms with E-state index in [1.54, 1.807) is 30.1 Å². The molecule has 0 spiro atoms. The minimum atomic E-state index is -1.48. The lowest BCUT2D eigenvalue weighted by atomic mass is 10.0. The summed E-state index contributed by atoms with van der Waals surface area (Å²) in [6, 6.07) is 0.434. The molecule has 4 rings (SSSR count). The summed E-state index contributed by atoms with van der Waals surface area (Å²) >= 11 is 1.31. The molecule has 39 heavy (non-hydrogen) atoms. The lowest BCUT2D eigenvalue weighted by Gasteiger charge is -2.50. The van der Waals surface area contributed by atoms with Crippen LogP contribution in [0.25, 0.3) is 0 Å². The van der Waals surface area contributed by atoms with Gasteiger partial charge in [0.15, 0.2) is 24.3 Å². The van der Waals surface area contributed by atoms with Gasteiger partial charge in [0.1, 0.15) is 11.4 Å². The highest BCUT2D eigenvalue weighted by Gasteiger charge is 2.53. The second kappa shape index (κ2) is 11.9. The third-order valence-electron chi connectivity index (χ3n) is 5.72. The number of thioether (sulfide) groups is 1. The topological polar surface area (TPSA) is 186 Å². The van der Waals surface area contributed by atoms with Crippen molar-refractivity contribution in [3.63, 3.8) is 0 Å². The zero-order chi connectivity index (χ0) is 28.1. The van der Waals surface area contributed by atoms with Gasteiger partial charge in [-0.15, -0.1) is 11.8 Å². The molecule has 1 unspecified atom stereocenters. The lowest BCUT2D eigenvalue weighted by molar-refractivity contribution is -0.688. The number of esters is 1. The number of hydrogen-bond donors (Lipinski definition) is 2. The Morgan fingerprint density at radius 2 is 2.15 bits per heavy atom. The maximum atomic E-state index is 13.1. The molecule has 0 aromatic carbocycles. The number of carbonyl (C=O) groups is 4. The molecule has 2 aromatic heterocycles. The number of aliphatic carboxylic acids is 1. The number of aromatic nitrogens is 4. The molecule has 0 saturated carbocycles. The Kier molecular flexibility index (Phi) is 8.43. The van der Waals surface area contributed by atoms with Crippen LogP contribution in [0.2, 0.25) is 0 Å². The Morgan fingerprint density at radius 3 is 2.82 bits per heavy atom. The van der Waals surface area contributed by atoms with Crippen LogP contribution >= 0.6 is 11.8 Å². The van der Waals surface area contributed by atoms with Gasteiger partial charge in [-0.2, -0.15) is 9.67 Å². The molecule has 16 heteroatoms. The van der Waals surface area contributed by atoms with Gasteiger partial charge >= 0.3 is 5.97 Å². The first-order valence-corrected chi connectivity index (χ1v) is 12.8. The predicted molar refractivity (Wildman–Crippen MR) is 134 cm³/mol. The largest absolute Gasteiger partial charge is 0.543 e. The Labute approximate surface area is 226 Å². The van der Waals surface area contributed by atoms with Crippen LogP contribution in [0.4, 0.5) is 5.82 Å². The van der Waals surface area contributed by atoms with E-state index in [1.165, 1.54) is 24.0 Å². The van der Waals surface area contributed by atoms with Crippen molar-refractivity contribution in [3.8, 4) is 0 Å². The van der Waals surface area contributed by atoms with Crippen molar-refractivity contribution in [2.24, 2.45) is 5.16 Å². The number of carbonyl (C=O) groups excluding carboxylic acids is 4. The number of nitrogens with zero attached hydrogens (tertiary/aromatic N) is 6. The Morgan fingerprint density at radius 1 is 1.36 bits per heavy atom. The normalized spacial score (nSPS) is 18.7. The van der Waals surface area contributed by atoms with Crippen LogP contribution < -0.4 is 19.9 Å². The third kappa shape index (κ3) is 6.00. The molecule has 0 bridgehead atoms. The molecule has 4 heterocycles. The van der Waals surface area contributed by atoms with Crippen molar-refractivity contribution in [2.45, 2.75) is 24.9 Å². The quantitative estimate of drug-likeness (QED) is 0.0980. The van der Waals surface area contributed by atoms with Crippen molar-refractivity contribution in [1.29, 1.82) is 0 Å². The standard InChI is InChI=1S/C23H26N8O7S/c1-4-37-16(32)11-38-28-17(14-5-6-25-27-14)20(33)26-18-21(34)31-19(23(35)36)13(12-39-22(18)31)9-30-8-7-24-15(10-30)29(2)3/h5-8,10,18,22H,4,9,11-12H2,1-3H3,(H2-,25,26,27,28,33,35,36)/t18?,22-/m1/s1. The van der Waals surface area contributed by atoms with E-state index in [0.717, 1.165) is 4.90 Å². The number of nitrogens with one attached hydrogen (secondary N) is 2. The van der Waals surface area contributed by atoms with E-state index < -0.39 is 41.8 Å². The Bertz CT molecular complexity index is 1330. The van der Waals surface area contributed by atoms with Crippen LogP contribution in [-0.4, -0.2) is 94.0 Å². The number of aromatic amines is 1. The maximum absolute atomic E-state index is 13.1. The summed E-state index contributed by atoms with van der Waals surface area (Å²) in [5, 5.41) is 24.1. The molecule has 2 atom stereocenters. The fraction of sp³-hybridized carbons (Fsp3) is 0.391. The summed E-state index contributed by atoms with van der Waals surface area (Å²) in [6.45, 7) is 1.47. The molecule has 1 fully saturated rings. The number of β-lactam (4-membered cyclic amide) rings is 1. The first kappa shape index (κ1) is 27.6. The van der Waals surface area contributed by atoms with Gasteiger partial charge in [-0.05, 0) is 13.0 Å². The van der Waals surface area contributed by atoms with Crippen molar-refractivity contribution >= 4 is 47.0 Å². The zero-order valence-corrected chi connectivity index (χ0v) is 22.1. The number of anilines is 1. The minimum Gasteiger partial charge on any atom is -0.543 e. The van der Waals surface area contributed by atoms with E-state index in [0.29, 0.717) is 17.1 Å². The number of rotatable bonds is 11. The summed E-state index contributed by atoms with van der Waals surface area (Å²) in [5.41, 5.74) is 0.193. The van der Waals surface area contributed by atoms with Gasteiger partial charge in [0.05, 0.1) is 30.2 Å². The molecule has 2 aliphatic heterocycles. The Hall–Kier alpha value is -4.47. The highest BCUT2D eigenvalue weighted by molar-refractivity contribution is 8.00. The highest BCUT2D eigenvalue weighted by Crippen LogP contribution is 2.40. The van der Waals surface area contributed by atoms with Crippen LogP contribution in [-0.2, 0) is 35.3 Å². The molecule has 206 valence electrons. The van der Waals surface area contributed by atoms with Crippen molar-refractivity contribution in [2.75, 3.05) is 38.0 Å². The highest BCUT2D eigenvalue weighted by atomic mass is 32.2. The predicted octanol–water partition coefficient (Wildman–Crippen LogP) is -2.45. The summed E-state index contributed by atoms with van der Waals surface area (Å²) in [7, 11) is 3.67. The fourth-order valence-corrected chi connectivity index (χ4v) is 5.26. The van der Waals surface area contributed by atoms with E-state index in [2.05, 4.69) is 25.7 Å². The number of H-pyrrole nitrogens is 1. The molecule has 2 aromatic rings. The van der Waals surface area contributed by atoms with Gasteiger partial charge in [-0.25, -0.2) is 9.78 Å². The molecule has 0 radical (unpaired) electrons. The molecule has 2 amide bonds. The number of carboxylic acids is 1. The summed E-state index contributed by atoms with van der Waals surface area (Å²) in [4.78, 5) is 61.9. The van der Waals surface area contributed by atoms with Crippen molar-refractivity contribution in [1.82, 2.24) is 25.4 Å². The van der Waals surface area contributed by atoms with Gasteiger partial charge in [-0.3, -0.25) is 19.6 Å². The monoisotopic (exact) mass is 558 g/mol. The van der Waals surface area contributed by atoms with Crippen LogP contribution in [0.1, 0.15) is 12.6 Å². The van der Waals surface area contributed by atoms with Crippen LogP contribution in [0.15, 0.2) is 47.3 Å². The molecule has 0 aliphatic carbocycles. The van der Waals surface area contributed by atoms with E-state index >= 15 is 0 Å². The number of hydrogen-bond acceptors (Lipinski definition) is 12. The molecule has 15 nitrogen and oxygen atoms in total. The number of fused-ring (bicyclic) bond motifs is 1. The summed E-state index contributed by atoms with van der Waals surface area (Å²) < 4.78 is 6.53. The summed E-state index contributed by atoms with van der Waals surface area (Å²) in [5.74, 6) is -2.58. The first-order valence-electron chi connectivity index (χ1n) is 11.8. The van der Waals surface area contributed by atoms with E-state index in [-0.39, 0.29) is 30.3 Å². The first-order chi connectivity index (χ1) is 18.7. The van der Waals surface area contributed by atoms with Gasteiger partial charge in [-0.1, -0.05) is 5.16 Å². The number of ether oxygens (including phenoxy) is 1. The Balaban J connectivity index is 1.49. The van der Waals surface area contributed by atoms with Crippen molar-refractivity contribution < 1.29 is 38.4 Å². The molecular formula is C23H26N8O7S. The number of oxime groups is 1. The van der Waals surface area contributed by atoms with Crippen LogP contribution in [0.5, 0.6) is 0 Å². The van der Waals surface area contributed by atoms with Crippen molar-refractivity contribution in [3.05, 3.63) is 47.8 Å². The molecule has 1 saturated heterocycles. The summed E-state index contributed by atoms with van der Waals surface area (Å²) in [6.07, 6.45) is 6.45. The SMILES string of the molecule is CCOC(=O)CO/N=C(/C(=O)NC1C(=O)N2C(C(=O)[O-])=C(C[n+]3ccnc(N(C)C)c3)CS[C@H]12)c1ccn[nH]1. The third-order valence-corrected chi connectivity index (χ3v) is 7.06. The van der Waals surface area contributed by atoms with Gasteiger partial charge in [0.2, 0.25) is 12.8 Å². The minimum absolute atomic E-state index is 0.154. The second-order valence-electron chi connectivity index (χ2n) is 8.57. The lowest BCUT2D eigenvalue weighted by Crippen LogP contribution is -2.71. The molecule has 2 aliphatic rings. The number of amides is 2. The van der Waals surface area contributed by atoms with Crippen LogP contribution in [0, 0.1) is 0 Å². The molecule has 2 N–H and O–H groups in total. The smallest absolute Gasteiger partial charge is 0.347 e. The van der Waals surface area contributed by atoms with Crippen LogP contribution in [0.3, 0.4) is 0 Å². The van der Waals surface area contributed by atoms with E-state index in [9.17, 15) is 24.3 Å². The maximum Gasteiger partial charge on any atom is 0.347 e. The molecular weight excluding hydrogens is 532 g/mol. The van der Waals surface area contributed by atoms with Gasteiger partial charge in [0.25, 0.3) is 11.8 Å².